The number of hydrogen-bond donors (Lipinski definition) is 0. The van der Waals surface area contributed by atoms with Crippen molar-refractivity contribution in [1.29, 1.82) is 0 Å². The topological polar surface area (TPSA) is 27.7 Å². The van der Waals surface area contributed by atoms with E-state index in [9.17, 15) is 0 Å². The van der Waals surface area contributed by atoms with Crippen LogP contribution in [0.5, 0.6) is 0 Å². The second-order valence-corrected chi connectivity index (χ2v) is 12.4. The lowest BCUT2D eigenvalue weighted by Gasteiger charge is -2.27. The van der Waals surface area contributed by atoms with Crippen LogP contribution < -0.4 is 0 Å². The highest BCUT2D eigenvalue weighted by atomic mass is 28.5. The minimum Gasteiger partial charge on any atom is -0.439 e. The fourth-order valence-corrected chi connectivity index (χ4v) is 11.4. The monoisotopic (exact) mass is 236 g/mol. The minimum atomic E-state index is -1.83. The van der Waals surface area contributed by atoms with Gasteiger partial charge in [-0.15, -0.1) is 0 Å². The normalized spacial score (nSPS) is 36.0. The van der Waals surface area contributed by atoms with Crippen LogP contribution in [0, 0.1) is 0 Å². The molecule has 0 N–H and O–H groups in total. The predicted molar refractivity (Wildman–Crippen MR) is 61.1 cm³/mol. The molecule has 6 heteroatoms. The van der Waals surface area contributed by atoms with E-state index in [-0.39, 0.29) is 0 Å². The highest BCUT2D eigenvalue weighted by molar-refractivity contribution is 6.77. The van der Waals surface area contributed by atoms with E-state index in [1.54, 1.807) is 0 Å². The van der Waals surface area contributed by atoms with Crippen molar-refractivity contribution in [2.45, 2.75) is 38.7 Å². The lowest BCUT2D eigenvalue weighted by atomic mass is 10.5. The molecule has 0 aromatic heterocycles. The van der Waals surface area contributed by atoms with Crippen LogP contribution >= 0.6 is 0 Å². The summed E-state index contributed by atoms with van der Waals surface area (Å²) in [4.78, 5) is 0. The predicted octanol–water partition coefficient (Wildman–Crippen LogP) is 1.35. The molecule has 1 aliphatic rings. The molecule has 13 heavy (non-hydrogen) atoms. The summed E-state index contributed by atoms with van der Waals surface area (Å²) in [5, 5.41) is 0. The van der Waals surface area contributed by atoms with Crippen molar-refractivity contribution in [1.82, 2.24) is 0 Å². The van der Waals surface area contributed by atoms with Crippen LogP contribution in [0.25, 0.3) is 0 Å². The van der Waals surface area contributed by atoms with Gasteiger partial charge in [0.2, 0.25) is 0 Å². The van der Waals surface area contributed by atoms with Crippen molar-refractivity contribution in [3.8, 4) is 0 Å². The van der Waals surface area contributed by atoms with Gasteiger partial charge in [-0.3, -0.25) is 0 Å². The number of rotatable bonds is 0. The van der Waals surface area contributed by atoms with Crippen LogP contribution in [0.2, 0.25) is 32.2 Å². The molecule has 0 radical (unpaired) electrons. The maximum Gasteiger partial charge on any atom is 0.312 e. The van der Waals surface area contributed by atoms with Gasteiger partial charge in [-0.2, -0.15) is 0 Å². The molecule has 2 atom stereocenters. The summed E-state index contributed by atoms with van der Waals surface area (Å²) in [7, 11) is -4.19. The Kier molecular flexibility index (Phi) is 4.33. The Morgan fingerprint density at radius 3 is 2.54 bits per heavy atom. The average molecular weight is 236 g/mol. The third-order valence-corrected chi connectivity index (χ3v) is 11.4. The second kappa shape index (κ2) is 4.85. The van der Waals surface area contributed by atoms with E-state index in [0.29, 0.717) is 0 Å². The van der Waals surface area contributed by atoms with Gasteiger partial charge < -0.3 is 12.7 Å². The molecule has 0 aliphatic carbocycles. The average Bonchev–Trinajstić information content (AvgIpc) is 1.99. The van der Waals surface area contributed by atoms with Crippen molar-refractivity contribution in [2.24, 2.45) is 0 Å². The Morgan fingerprint density at radius 2 is 1.85 bits per heavy atom. The smallest absolute Gasteiger partial charge is 0.312 e. The molecule has 78 valence electrons. The first-order chi connectivity index (χ1) is 5.99. The summed E-state index contributed by atoms with van der Waals surface area (Å²) in [6.45, 7) is 9.49. The Morgan fingerprint density at radius 1 is 1.15 bits per heavy atom. The van der Waals surface area contributed by atoms with Crippen LogP contribution in [0.3, 0.4) is 0 Å². The van der Waals surface area contributed by atoms with Gasteiger partial charge in [0.1, 0.15) is 0 Å². The summed E-state index contributed by atoms with van der Waals surface area (Å²) >= 11 is 0. The first-order valence-corrected chi connectivity index (χ1v) is 12.3. The lowest BCUT2D eigenvalue weighted by Crippen LogP contribution is -2.43. The van der Waals surface area contributed by atoms with E-state index in [1.165, 1.54) is 6.04 Å². The fraction of sp³-hybridized carbons (Fsp3) is 1.00. The molecule has 1 aliphatic heterocycles. The van der Waals surface area contributed by atoms with Crippen LogP contribution in [-0.4, -0.2) is 33.5 Å². The van der Waals surface area contributed by atoms with Crippen molar-refractivity contribution in [3.05, 3.63) is 0 Å². The molecule has 1 heterocycles. The maximum atomic E-state index is 6.04. The first-order valence-electron chi connectivity index (χ1n) is 4.97. The van der Waals surface area contributed by atoms with E-state index >= 15 is 0 Å². The molecule has 0 saturated carbocycles. The van der Waals surface area contributed by atoms with Gasteiger partial charge in [0.05, 0.1) is 0 Å². The minimum absolute atomic E-state index is 0.874. The molecule has 0 aromatic carbocycles. The van der Waals surface area contributed by atoms with E-state index in [0.717, 1.165) is 13.0 Å². The zero-order valence-corrected chi connectivity index (χ0v) is 12.3. The van der Waals surface area contributed by atoms with Gasteiger partial charge in [0.25, 0.3) is 0 Å². The number of hydrogen-bond acceptors (Lipinski definition) is 3. The van der Waals surface area contributed by atoms with Gasteiger partial charge >= 0.3 is 17.8 Å². The summed E-state index contributed by atoms with van der Waals surface area (Å²) in [5.74, 6) is 0. The maximum absolute atomic E-state index is 6.04. The quantitative estimate of drug-likeness (QED) is 0.594. The Hall–Kier alpha value is 0.531. The Labute approximate surface area is 85.2 Å². The molecule has 1 saturated heterocycles. The zero-order chi connectivity index (χ0) is 9.90. The van der Waals surface area contributed by atoms with Gasteiger partial charge in [-0.05, 0) is 38.7 Å². The summed E-state index contributed by atoms with van der Waals surface area (Å²) in [6.07, 6.45) is 1.15. The molecule has 0 spiro atoms. The zero-order valence-electron chi connectivity index (χ0n) is 9.00. The van der Waals surface area contributed by atoms with E-state index < -0.39 is 26.9 Å². The van der Waals surface area contributed by atoms with E-state index in [2.05, 4.69) is 26.2 Å². The molecule has 0 bridgehead atoms. The Balaban J connectivity index is 2.54. The van der Waals surface area contributed by atoms with Gasteiger partial charge in [-0.1, -0.05) is 0 Å². The van der Waals surface area contributed by atoms with Crippen LogP contribution in [-0.2, 0) is 12.7 Å². The third-order valence-electron chi connectivity index (χ3n) is 2.04. The van der Waals surface area contributed by atoms with Gasteiger partial charge in [0, 0.05) is 6.61 Å². The van der Waals surface area contributed by atoms with Gasteiger partial charge in [0.15, 0.2) is 9.04 Å². The summed E-state index contributed by atoms with van der Waals surface area (Å²) < 4.78 is 17.6. The van der Waals surface area contributed by atoms with E-state index in [4.69, 9.17) is 12.7 Å². The molecule has 3 nitrogen and oxygen atoms in total. The molecular weight excluding hydrogens is 216 g/mol. The first kappa shape index (κ1) is 11.6. The molecular formula is C7H20O3Si3. The molecule has 1 fully saturated rings. The summed E-state index contributed by atoms with van der Waals surface area (Å²) in [5.41, 5.74) is 0. The van der Waals surface area contributed by atoms with Crippen molar-refractivity contribution >= 4 is 26.9 Å². The highest BCUT2D eigenvalue weighted by Gasteiger charge is 2.31. The second-order valence-electron chi connectivity index (χ2n) is 4.03. The molecule has 0 aromatic rings. The largest absolute Gasteiger partial charge is 0.439 e. The van der Waals surface area contributed by atoms with Crippen molar-refractivity contribution in [3.63, 3.8) is 0 Å². The SMILES string of the molecule is C[SiH]1CCCO[SiH](C)O[Si](C)(C)O1. The van der Waals surface area contributed by atoms with E-state index in [1.807, 2.05) is 0 Å². The standard InChI is InChI=1S/C7H20O3Si3/c1-11-7-5-6-8-12(2)10-13(3,4)9-11/h11-12H,5-7H2,1-4H3. The molecule has 0 amide bonds. The highest BCUT2D eigenvalue weighted by Crippen LogP contribution is 2.15. The fourth-order valence-electron chi connectivity index (χ4n) is 1.62. The molecule has 2 unspecified atom stereocenters. The van der Waals surface area contributed by atoms with Crippen LogP contribution in [0.4, 0.5) is 0 Å². The summed E-state index contributed by atoms with van der Waals surface area (Å²) in [6, 6.07) is 1.22. The van der Waals surface area contributed by atoms with Gasteiger partial charge in [-0.25, -0.2) is 0 Å². The van der Waals surface area contributed by atoms with Crippen molar-refractivity contribution in [2.75, 3.05) is 6.61 Å². The van der Waals surface area contributed by atoms with Crippen molar-refractivity contribution < 1.29 is 12.7 Å². The van der Waals surface area contributed by atoms with Crippen LogP contribution in [0.1, 0.15) is 6.42 Å². The third kappa shape index (κ3) is 4.52. The Bertz CT molecular complexity index is 149. The van der Waals surface area contributed by atoms with Crippen LogP contribution in [0.15, 0.2) is 0 Å². The lowest BCUT2D eigenvalue weighted by molar-refractivity contribution is 0.260. The molecule has 1 rings (SSSR count).